The van der Waals surface area contributed by atoms with Crippen molar-refractivity contribution in [3.8, 4) is 11.5 Å². The SMILES string of the molecule is COc1ccccc1CN1CCC2(CC[C@H](CNC(=O)[C@@H](C)Oc3cccc(Cl)c3)O2)CC1. The minimum absolute atomic E-state index is 0.0492. The normalized spacial score (nSPS) is 21.0. The van der Waals surface area contributed by atoms with Gasteiger partial charge in [0.15, 0.2) is 6.10 Å². The Hall–Kier alpha value is -2.28. The van der Waals surface area contributed by atoms with Crippen molar-refractivity contribution in [3.63, 3.8) is 0 Å². The number of carbonyl (C=O) groups excluding carboxylic acids is 1. The predicted octanol–water partition coefficient (Wildman–Crippen LogP) is 4.45. The zero-order valence-corrected chi connectivity index (χ0v) is 20.1. The number of rotatable bonds is 8. The maximum atomic E-state index is 12.5. The molecule has 0 saturated carbocycles. The molecule has 7 heteroatoms. The highest BCUT2D eigenvalue weighted by Crippen LogP contribution is 2.39. The molecule has 0 radical (unpaired) electrons. The highest BCUT2D eigenvalue weighted by atomic mass is 35.5. The Labute approximate surface area is 201 Å². The van der Waals surface area contributed by atoms with Crippen molar-refractivity contribution in [1.82, 2.24) is 10.2 Å². The smallest absolute Gasteiger partial charge is 0.260 e. The van der Waals surface area contributed by atoms with Gasteiger partial charge in [0, 0.05) is 36.8 Å². The third-order valence-corrected chi connectivity index (χ3v) is 6.91. The van der Waals surface area contributed by atoms with Crippen molar-refractivity contribution in [2.24, 2.45) is 0 Å². The monoisotopic (exact) mass is 472 g/mol. The molecule has 0 aromatic heterocycles. The van der Waals surface area contributed by atoms with Crippen LogP contribution in [0.5, 0.6) is 11.5 Å². The van der Waals surface area contributed by atoms with Crippen molar-refractivity contribution in [2.75, 3.05) is 26.7 Å². The summed E-state index contributed by atoms with van der Waals surface area (Å²) in [5, 5.41) is 3.57. The summed E-state index contributed by atoms with van der Waals surface area (Å²) >= 11 is 5.98. The van der Waals surface area contributed by atoms with E-state index in [9.17, 15) is 4.79 Å². The third kappa shape index (κ3) is 6.19. The fourth-order valence-electron chi connectivity index (χ4n) is 4.76. The second-order valence-electron chi connectivity index (χ2n) is 9.01. The van der Waals surface area contributed by atoms with E-state index in [2.05, 4.69) is 22.3 Å². The maximum absolute atomic E-state index is 12.5. The van der Waals surface area contributed by atoms with Crippen LogP contribution >= 0.6 is 11.6 Å². The molecule has 2 aromatic carbocycles. The van der Waals surface area contributed by atoms with Gasteiger partial charge < -0.3 is 19.5 Å². The van der Waals surface area contributed by atoms with Crippen LogP contribution < -0.4 is 14.8 Å². The highest BCUT2D eigenvalue weighted by molar-refractivity contribution is 6.30. The number of amides is 1. The Morgan fingerprint density at radius 3 is 2.76 bits per heavy atom. The number of hydrogen-bond acceptors (Lipinski definition) is 5. The highest BCUT2D eigenvalue weighted by Gasteiger charge is 2.42. The van der Waals surface area contributed by atoms with Gasteiger partial charge >= 0.3 is 0 Å². The summed E-state index contributed by atoms with van der Waals surface area (Å²) in [5.41, 5.74) is 1.16. The number of hydrogen-bond donors (Lipinski definition) is 1. The molecule has 1 amide bonds. The van der Waals surface area contributed by atoms with E-state index in [-0.39, 0.29) is 17.6 Å². The molecule has 1 spiro atoms. The van der Waals surface area contributed by atoms with Crippen LogP contribution in [0.25, 0.3) is 0 Å². The summed E-state index contributed by atoms with van der Waals surface area (Å²) in [5.74, 6) is 1.38. The van der Waals surface area contributed by atoms with Crippen LogP contribution in [-0.4, -0.2) is 55.4 Å². The summed E-state index contributed by atoms with van der Waals surface area (Å²) in [4.78, 5) is 15.0. The Morgan fingerprint density at radius 1 is 1.21 bits per heavy atom. The van der Waals surface area contributed by atoms with E-state index in [0.717, 1.165) is 51.1 Å². The molecule has 4 rings (SSSR count). The topological polar surface area (TPSA) is 60.0 Å². The maximum Gasteiger partial charge on any atom is 0.260 e. The molecule has 2 aliphatic rings. The third-order valence-electron chi connectivity index (χ3n) is 6.67. The lowest BCUT2D eigenvalue weighted by molar-refractivity contribution is -0.128. The molecule has 2 saturated heterocycles. The zero-order valence-electron chi connectivity index (χ0n) is 19.4. The van der Waals surface area contributed by atoms with Crippen LogP contribution in [0.4, 0.5) is 0 Å². The minimum Gasteiger partial charge on any atom is -0.496 e. The van der Waals surface area contributed by atoms with E-state index in [1.54, 1.807) is 38.3 Å². The molecule has 2 aromatic rings. The van der Waals surface area contributed by atoms with Gasteiger partial charge in [-0.2, -0.15) is 0 Å². The van der Waals surface area contributed by atoms with Crippen LogP contribution in [0.3, 0.4) is 0 Å². The first-order chi connectivity index (χ1) is 16.0. The molecule has 2 atom stereocenters. The Kier molecular flexibility index (Phi) is 7.78. The lowest BCUT2D eigenvalue weighted by Crippen LogP contribution is -2.45. The van der Waals surface area contributed by atoms with Crippen molar-refractivity contribution in [2.45, 2.75) is 57.0 Å². The first kappa shape index (κ1) is 23.9. The van der Waals surface area contributed by atoms with Gasteiger partial charge in [0.25, 0.3) is 5.91 Å². The van der Waals surface area contributed by atoms with Gasteiger partial charge in [-0.1, -0.05) is 35.9 Å². The van der Waals surface area contributed by atoms with Crippen molar-refractivity contribution in [1.29, 1.82) is 0 Å². The molecule has 0 unspecified atom stereocenters. The van der Waals surface area contributed by atoms with E-state index in [1.807, 2.05) is 12.1 Å². The van der Waals surface area contributed by atoms with Gasteiger partial charge in [-0.3, -0.25) is 9.69 Å². The fourth-order valence-corrected chi connectivity index (χ4v) is 4.94. The van der Waals surface area contributed by atoms with Crippen LogP contribution in [0.2, 0.25) is 5.02 Å². The van der Waals surface area contributed by atoms with Gasteiger partial charge in [0.2, 0.25) is 0 Å². The number of likely N-dealkylation sites (tertiary alicyclic amines) is 1. The van der Waals surface area contributed by atoms with Crippen molar-refractivity contribution >= 4 is 17.5 Å². The Bertz CT molecular complexity index is 945. The minimum atomic E-state index is -0.600. The number of para-hydroxylation sites is 1. The second kappa shape index (κ2) is 10.8. The van der Waals surface area contributed by atoms with Crippen LogP contribution in [-0.2, 0) is 16.1 Å². The summed E-state index contributed by atoms with van der Waals surface area (Å²) < 4.78 is 17.7. The molecule has 2 fully saturated rings. The predicted molar refractivity (Wildman–Crippen MR) is 129 cm³/mol. The number of nitrogens with one attached hydrogen (secondary N) is 1. The van der Waals surface area contributed by atoms with Gasteiger partial charge in [-0.15, -0.1) is 0 Å². The Morgan fingerprint density at radius 2 is 2.00 bits per heavy atom. The average molecular weight is 473 g/mol. The number of piperidine rings is 1. The van der Waals surface area contributed by atoms with E-state index < -0.39 is 6.10 Å². The number of halogens is 1. The summed E-state index contributed by atoms with van der Waals surface area (Å²) in [6.45, 7) is 5.15. The van der Waals surface area contributed by atoms with E-state index >= 15 is 0 Å². The van der Waals surface area contributed by atoms with Crippen LogP contribution in [0, 0.1) is 0 Å². The van der Waals surface area contributed by atoms with E-state index in [1.165, 1.54) is 5.56 Å². The number of benzene rings is 2. The summed E-state index contributed by atoms with van der Waals surface area (Å²) in [6, 6.07) is 15.3. The summed E-state index contributed by atoms with van der Waals surface area (Å²) in [7, 11) is 1.72. The molecular weight excluding hydrogens is 440 g/mol. The molecule has 33 heavy (non-hydrogen) atoms. The molecule has 1 N–H and O–H groups in total. The van der Waals surface area contributed by atoms with Gasteiger partial charge in [0.1, 0.15) is 11.5 Å². The van der Waals surface area contributed by atoms with Crippen LogP contribution in [0.15, 0.2) is 48.5 Å². The fraction of sp³-hybridized carbons (Fsp3) is 0.500. The molecule has 2 aliphatic heterocycles. The van der Waals surface area contributed by atoms with E-state index in [4.69, 9.17) is 25.8 Å². The average Bonchev–Trinajstić information content (AvgIpc) is 3.22. The molecular formula is C26H33ClN2O4. The number of carbonyl (C=O) groups is 1. The first-order valence-electron chi connectivity index (χ1n) is 11.7. The number of ether oxygens (including phenoxy) is 3. The molecule has 0 aliphatic carbocycles. The Balaban J connectivity index is 1.20. The summed E-state index contributed by atoms with van der Waals surface area (Å²) in [6.07, 6.45) is 3.49. The lowest BCUT2D eigenvalue weighted by atomic mass is 9.88. The van der Waals surface area contributed by atoms with Crippen molar-refractivity contribution in [3.05, 3.63) is 59.1 Å². The van der Waals surface area contributed by atoms with Crippen LogP contribution in [0.1, 0.15) is 38.2 Å². The number of methoxy groups -OCH3 is 1. The standard InChI is InChI=1S/C26H33ClN2O4/c1-19(32-22-8-5-7-21(27)16-22)25(30)28-17-23-10-11-26(33-23)12-14-29(15-13-26)18-20-6-3-4-9-24(20)31-2/h3-9,16,19,23H,10-15,17-18H2,1-2H3,(H,28,30)/t19-,23-/m1/s1. The molecule has 178 valence electrons. The van der Waals surface area contributed by atoms with Gasteiger partial charge in [0.05, 0.1) is 18.8 Å². The molecule has 2 heterocycles. The number of nitrogens with zero attached hydrogens (tertiary/aromatic N) is 1. The largest absolute Gasteiger partial charge is 0.496 e. The van der Waals surface area contributed by atoms with Gasteiger partial charge in [-0.25, -0.2) is 0 Å². The molecule has 0 bridgehead atoms. The lowest BCUT2D eigenvalue weighted by Gasteiger charge is -2.39. The quantitative estimate of drug-likeness (QED) is 0.615. The van der Waals surface area contributed by atoms with E-state index in [0.29, 0.717) is 17.3 Å². The van der Waals surface area contributed by atoms with Crippen molar-refractivity contribution < 1.29 is 19.0 Å². The zero-order chi connectivity index (χ0) is 23.3. The second-order valence-corrected chi connectivity index (χ2v) is 9.45. The first-order valence-corrected chi connectivity index (χ1v) is 12.1. The molecule has 6 nitrogen and oxygen atoms in total. The van der Waals surface area contributed by atoms with Gasteiger partial charge in [-0.05, 0) is 56.9 Å².